The Balaban J connectivity index is 1.21. The van der Waals surface area contributed by atoms with Gasteiger partial charge in [0, 0.05) is 5.56 Å². The highest BCUT2D eigenvalue weighted by molar-refractivity contribution is 7.99. The first-order chi connectivity index (χ1) is 14.3. The fraction of sp³-hybridized carbons (Fsp3) is 0.250. The van der Waals surface area contributed by atoms with Crippen molar-refractivity contribution < 1.29 is 28.2 Å². The number of hydrogen-bond donors (Lipinski definition) is 0. The molecule has 0 spiro atoms. The molecule has 5 rings (SSSR count). The van der Waals surface area contributed by atoms with Crippen molar-refractivity contribution in [3.05, 3.63) is 53.9 Å². The highest BCUT2D eigenvalue weighted by Gasteiger charge is 2.27. The van der Waals surface area contributed by atoms with Gasteiger partial charge in [0.25, 0.3) is 11.1 Å². The molecule has 0 fully saturated rings. The Bertz CT molecular complexity index is 1050. The number of rotatable bonds is 5. The summed E-state index contributed by atoms with van der Waals surface area (Å²) >= 11 is 1.17. The third-order valence-corrected chi connectivity index (χ3v) is 5.22. The van der Waals surface area contributed by atoms with Crippen molar-refractivity contribution >= 4 is 17.5 Å². The average Bonchev–Trinajstić information content (AvgIpc) is 3.26. The summed E-state index contributed by atoms with van der Waals surface area (Å²) in [7, 11) is 0. The molecule has 2 aromatic carbocycles. The number of carbonyl (C=O) groups is 1. The zero-order valence-electron chi connectivity index (χ0n) is 15.2. The van der Waals surface area contributed by atoms with Gasteiger partial charge in [-0.15, -0.1) is 10.2 Å². The van der Waals surface area contributed by atoms with Crippen LogP contribution in [0.4, 0.5) is 0 Å². The number of aromatic nitrogens is 2. The summed E-state index contributed by atoms with van der Waals surface area (Å²) in [5, 5.41) is 8.33. The highest BCUT2D eigenvalue weighted by atomic mass is 32.2. The lowest BCUT2D eigenvalue weighted by Gasteiger charge is -2.23. The average molecular weight is 412 g/mol. The minimum absolute atomic E-state index is 0.0714. The summed E-state index contributed by atoms with van der Waals surface area (Å²) in [5.41, 5.74) is 0.544. The SMILES string of the molecule is O=C(CSc1nnc(C2COc3ccccc3O2)o1)c1ccc2c(c1)OCCO2. The maximum absolute atomic E-state index is 12.5. The maximum atomic E-state index is 12.5. The van der Waals surface area contributed by atoms with Crippen molar-refractivity contribution in [2.24, 2.45) is 0 Å². The Morgan fingerprint density at radius 2 is 1.76 bits per heavy atom. The van der Waals surface area contributed by atoms with Gasteiger partial charge in [-0.2, -0.15) is 0 Å². The molecule has 0 amide bonds. The molecule has 29 heavy (non-hydrogen) atoms. The summed E-state index contributed by atoms with van der Waals surface area (Å²) in [6, 6.07) is 12.6. The van der Waals surface area contributed by atoms with Gasteiger partial charge in [0.1, 0.15) is 19.8 Å². The van der Waals surface area contributed by atoms with E-state index in [4.69, 9.17) is 23.4 Å². The predicted octanol–water partition coefficient (Wildman–Crippen LogP) is 3.33. The molecular weight excluding hydrogens is 396 g/mol. The number of benzene rings is 2. The smallest absolute Gasteiger partial charge is 0.277 e. The molecule has 1 atom stereocenters. The first-order valence-corrected chi connectivity index (χ1v) is 10.0. The van der Waals surface area contributed by atoms with Gasteiger partial charge in [0.15, 0.2) is 28.8 Å². The molecule has 0 bridgehead atoms. The van der Waals surface area contributed by atoms with Gasteiger partial charge < -0.3 is 23.4 Å². The predicted molar refractivity (Wildman–Crippen MR) is 102 cm³/mol. The number of hydrogen-bond acceptors (Lipinski definition) is 9. The van der Waals surface area contributed by atoms with E-state index < -0.39 is 6.10 Å². The topological polar surface area (TPSA) is 92.9 Å². The quantitative estimate of drug-likeness (QED) is 0.462. The second kappa shape index (κ2) is 7.67. The molecule has 9 heteroatoms. The molecule has 0 saturated carbocycles. The lowest BCUT2D eigenvalue weighted by Crippen LogP contribution is -2.21. The molecule has 0 aliphatic carbocycles. The minimum Gasteiger partial charge on any atom is -0.486 e. The normalized spacial score (nSPS) is 17.0. The Morgan fingerprint density at radius 3 is 2.66 bits per heavy atom. The monoisotopic (exact) mass is 412 g/mol. The van der Waals surface area contributed by atoms with Crippen molar-refractivity contribution in [2.75, 3.05) is 25.6 Å². The fourth-order valence-electron chi connectivity index (χ4n) is 2.98. The summed E-state index contributed by atoms with van der Waals surface area (Å²) in [6.45, 7) is 1.26. The molecule has 3 heterocycles. The first-order valence-electron chi connectivity index (χ1n) is 9.04. The second-order valence-electron chi connectivity index (χ2n) is 6.34. The third kappa shape index (κ3) is 3.73. The number of thioether (sulfide) groups is 1. The zero-order chi connectivity index (χ0) is 19.6. The number of Topliss-reactive ketones (excluding diaryl/α,β-unsaturated/α-hetero) is 1. The van der Waals surface area contributed by atoms with Crippen molar-refractivity contribution in [3.8, 4) is 23.0 Å². The highest BCUT2D eigenvalue weighted by Crippen LogP contribution is 2.36. The summed E-state index contributed by atoms with van der Waals surface area (Å²) in [4.78, 5) is 12.5. The van der Waals surface area contributed by atoms with Crippen LogP contribution in [0.1, 0.15) is 22.4 Å². The van der Waals surface area contributed by atoms with Crippen molar-refractivity contribution in [1.82, 2.24) is 10.2 Å². The zero-order valence-corrected chi connectivity index (χ0v) is 16.0. The molecule has 1 unspecified atom stereocenters. The van der Waals surface area contributed by atoms with E-state index in [-0.39, 0.29) is 18.1 Å². The van der Waals surface area contributed by atoms with E-state index in [0.717, 1.165) is 0 Å². The first kappa shape index (κ1) is 17.9. The van der Waals surface area contributed by atoms with Crippen LogP contribution in [0.2, 0.25) is 0 Å². The number of ether oxygens (including phenoxy) is 4. The summed E-state index contributed by atoms with van der Waals surface area (Å²) < 4.78 is 28.2. The van der Waals surface area contributed by atoms with Gasteiger partial charge in [-0.25, -0.2) is 0 Å². The molecule has 1 aromatic heterocycles. The largest absolute Gasteiger partial charge is 0.486 e. The molecular formula is C20H16N2O6S. The van der Waals surface area contributed by atoms with Crippen LogP contribution in [0.5, 0.6) is 23.0 Å². The molecule has 0 saturated heterocycles. The Kier molecular flexibility index (Phi) is 4.73. The molecule has 2 aliphatic heterocycles. The third-order valence-electron chi connectivity index (χ3n) is 4.40. The lowest BCUT2D eigenvalue weighted by molar-refractivity contribution is 0.0686. The van der Waals surface area contributed by atoms with Crippen LogP contribution in [0.25, 0.3) is 0 Å². The van der Waals surface area contributed by atoms with Gasteiger partial charge in [0.2, 0.25) is 6.10 Å². The Hall–Kier alpha value is -3.20. The standard InChI is InChI=1S/C20H16N2O6S/c23-13(12-5-6-15-17(9-12)25-8-7-24-15)11-29-20-22-21-19(28-20)18-10-26-14-3-1-2-4-16(14)27-18/h1-6,9,18H,7-8,10-11H2. The van der Waals surface area contributed by atoms with Gasteiger partial charge in [-0.1, -0.05) is 23.9 Å². The number of fused-ring (bicyclic) bond motifs is 2. The number of para-hydroxylation sites is 2. The Labute approximate surface area is 170 Å². The second-order valence-corrected chi connectivity index (χ2v) is 7.27. The van der Waals surface area contributed by atoms with E-state index in [0.29, 0.717) is 52.9 Å². The van der Waals surface area contributed by atoms with Crippen molar-refractivity contribution in [1.29, 1.82) is 0 Å². The summed E-state index contributed by atoms with van der Waals surface area (Å²) in [5.74, 6) is 2.95. The van der Waals surface area contributed by atoms with Crippen molar-refractivity contribution in [3.63, 3.8) is 0 Å². The molecule has 0 radical (unpaired) electrons. The summed E-state index contributed by atoms with van der Waals surface area (Å²) in [6.07, 6.45) is -0.486. The van der Waals surface area contributed by atoms with Crippen LogP contribution in [0, 0.1) is 0 Å². The lowest BCUT2D eigenvalue weighted by atomic mass is 10.1. The molecule has 2 aliphatic rings. The van der Waals surface area contributed by atoms with Crippen LogP contribution >= 0.6 is 11.8 Å². The van der Waals surface area contributed by atoms with Crippen LogP contribution in [0.3, 0.4) is 0 Å². The van der Waals surface area contributed by atoms with Crippen LogP contribution in [0.15, 0.2) is 52.1 Å². The van der Waals surface area contributed by atoms with Gasteiger partial charge in [-0.05, 0) is 30.3 Å². The number of nitrogens with zero attached hydrogens (tertiary/aromatic N) is 2. The number of ketones is 1. The van der Waals surface area contributed by atoms with Gasteiger partial charge >= 0.3 is 0 Å². The van der Waals surface area contributed by atoms with E-state index in [1.165, 1.54) is 11.8 Å². The fourth-order valence-corrected chi connectivity index (χ4v) is 3.64. The number of carbonyl (C=O) groups excluding carboxylic acids is 1. The van der Waals surface area contributed by atoms with E-state index in [1.54, 1.807) is 18.2 Å². The maximum Gasteiger partial charge on any atom is 0.277 e. The van der Waals surface area contributed by atoms with E-state index in [2.05, 4.69) is 10.2 Å². The van der Waals surface area contributed by atoms with Crippen molar-refractivity contribution in [2.45, 2.75) is 11.3 Å². The van der Waals surface area contributed by atoms with E-state index >= 15 is 0 Å². The van der Waals surface area contributed by atoms with Crippen LogP contribution in [-0.2, 0) is 0 Å². The minimum atomic E-state index is -0.486. The van der Waals surface area contributed by atoms with Crippen LogP contribution in [-0.4, -0.2) is 41.6 Å². The van der Waals surface area contributed by atoms with E-state index in [1.807, 2.05) is 24.3 Å². The molecule has 8 nitrogen and oxygen atoms in total. The van der Waals surface area contributed by atoms with E-state index in [9.17, 15) is 4.79 Å². The molecule has 3 aromatic rings. The van der Waals surface area contributed by atoms with Crippen LogP contribution < -0.4 is 18.9 Å². The molecule has 0 N–H and O–H groups in total. The molecule has 148 valence electrons. The Morgan fingerprint density at radius 1 is 0.966 bits per heavy atom. The van der Waals surface area contributed by atoms with Gasteiger partial charge in [-0.3, -0.25) is 4.79 Å². The van der Waals surface area contributed by atoms with Gasteiger partial charge in [0.05, 0.1) is 5.75 Å².